The van der Waals surface area contributed by atoms with Crippen LogP contribution in [0.2, 0.25) is 0 Å². The molecule has 0 radical (unpaired) electrons. The zero-order chi connectivity index (χ0) is 10.1. The van der Waals surface area contributed by atoms with Crippen molar-refractivity contribution in [3.8, 4) is 0 Å². The number of hydrogen-bond acceptors (Lipinski definition) is 2. The summed E-state index contributed by atoms with van der Waals surface area (Å²) in [5.74, 6) is 0. The smallest absolute Gasteiger partial charge is 0.410 e. The van der Waals surface area contributed by atoms with Gasteiger partial charge in [0.05, 0.1) is 12.6 Å². The minimum absolute atomic E-state index is 0.163. The van der Waals surface area contributed by atoms with Crippen molar-refractivity contribution in [2.24, 2.45) is 0 Å². The Labute approximate surface area is 90.7 Å². The van der Waals surface area contributed by atoms with Crippen LogP contribution in [0.4, 0.5) is 4.79 Å². The Balaban J connectivity index is 2.86. The highest BCUT2D eigenvalue weighted by atomic mass is 127. The first-order valence-corrected chi connectivity index (χ1v) is 5.16. The van der Waals surface area contributed by atoms with Crippen molar-refractivity contribution < 1.29 is 14.6 Å². The lowest BCUT2D eigenvalue weighted by molar-refractivity contribution is -0.0409. The minimum atomic E-state index is -0.943. The average Bonchev–Trinajstić information content (AvgIpc) is 2.26. The van der Waals surface area contributed by atoms with Crippen molar-refractivity contribution in [1.29, 1.82) is 0 Å². The number of hydrogen-bond donors (Lipinski definition) is 1. The second-order valence-corrected chi connectivity index (χ2v) is 4.02. The monoisotopic (exact) mass is 297 g/mol. The maximum Gasteiger partial charge on any atom is 0.410 e. The van der Waals surface area contributed by atoms with Crippen LogP contribution in [0.5, 0.6) is 0 Å². The van der Waals surface area contributed by atoms with Crippen LogP contribution in [0.1, 0.15) is 13.8 Å². The fourth-order valence-corrected chi connectivity index (χ4v) is 1.91. The molecule has 1 aliphatic heterocycles. The second-order valence-electron chi connectivity index (χ2n) is 3.30. The first-order chi connectivity index (χ1) is 5.99. The summed E-state index contributed by atoms with van der Waals surface area (Å²) in [4.78, 5) is 12.2. The Morgan fingerprint density at radius 2 is 2.38 bits per heavy atom. The third kappa shape index (κ3) is 2.14. The standard InChI is InChI=1S/C8H12INO3/c1-8(2)10(7(11)12)6(3-4-9)5-13-8/h3-4,6H,5H2,1-2H3,(H,11,12)/t6-/m0/s1. The van der Waals surface area contributed by atoms with Gasteiger partial charge >= 0.3 is 6.09 Å². The van der Waals surface area contributed by atoms with E-state index in [0.717, 1.165) is 0 Å². The first kappa shape index (κ1) is 10.8. The first-order valence-electron chi connectivity index (χ1n) is 3.92. The summed E-state index contributed by atoms with van der Waals surface area (Å²) in [5.41, 5.74) is -0.716. The minimum Gasteiger partial charge on any atom is -0.465 e. The highest BCUT2D eigenvalue weighted by molar-refractivity contribution is 14.1. The van der Waals surface area contributed by atoms with E-state index < -0.39 is 11.8 Å². The molecule has 4 nitrogen and oxygen atoms in total. The molecular weight excluding hydrogens is 285 g/mol. The Bertz CT molecular complexity index is 240. The molecule has 1 aliphatic rings. The normalized spacial score (nSPS) is 27.0. The summed E-state index contributed by atoms with van der Waals surface area (Å²) in [6.07, 6.45) is 0.880. The fraction of sp³-hybridized carbons (Fsp3) is 0.625. The predicted molar refractivity (Wildman–Crippen MR) is 56.8 cm³/mol. The molecule has 0 aromatic rings. The van der Waals surface area contributed by atoms with Gasteiger partial charge in [0, 0.05) is 0 Å². The Morgan fingerprint density at radius 3 is 2.85 bits per heavy atom. The summed E-state index contributed by atoms with van der Waals surface area (Å²) in [6.45, 7) is 3.93. The maximum absolute atomic E-state index is 10.9. The van der Waals surface area contributed by atoms with E-state index in [1.54, 1.807) is 13.8 Å². The van der Waals surface area contributed by atoms with Crippen molar-refractivity contribution in [2.75, 3.05) is 6.61 Å². The molecule has 0 bridgehead atoms. The number of carboxylic acid groups (broad SMARTS) is 1. The zero-order valence-electron chi connectivity index (χ0n) is 7.53. The van der Waals surface area contributed by atoms with Gasteiger partial charge in [-0.15, -0.1) is 0 Å². The molecule has 1 amide bonds. The van der Waals surface area contributed by atoms with Gasteiger partial charge in [-0.1, -0.05) is 28.7 Å². The third-order valence-corrected chi connectivity index (χ3v) is 2.44. The fourth-order valence-electron chi connectivity index (χ4n) is 1.43. The lowest BCUT2D eigenvalue weighted by Gasteiger charge is -2.29. The number of amides is 1. The molecule has 0 aliphatic carbocycles. The van der Waals surface area contributed by atoms with E-state index in [-0.39, 0.29) is 6.04 Å². The van der Waals surface area contributed by atoms with Gasteiger partial charge < -0.3 is 9.84 Å². The molecule has 1 fully saturated rings. The van der Waals surface area contributed by atoms with Gasteiger partial charge in [-0.2, -0.15) is 0 Å². The van der Waals surface area contributed by atoms with E-state index in [2.05, 4.69) is 22.6 Å². The van der Waals surface area contributed by atoms with E-state index in [0.29, 0.717) is 6.61 Å². The number of nitrogens with zero attached hydrogens (tertiary/aromatic N) is 1. The van der Waals surface area contributed by atoms with E-state index in [9.17, 15) is 4.79 Å². The maximum atomic E-state index is 10.9. The molecule has 1 N–H and O–H groups in total. The summed E-state index contributed by atoms with van der Waals surface area (Å²) < 4.78 is 7.18. The Hall–Kier alpha value is -0.300. The molecule has 0 unspecified atom stereocenters. The molecule has 0 aromatic heterocycles. The second kappa shape index (κ2) is 3.83. The highest BCUT2D eigenvalue weighted by Crippen LogP contribution is 2.27. The molecule has 13 heavy (non-hydrogen) atoms. The largest absolute Gasteiger partial charge is 0.465 e. The van der Waals surface area contributed by atoms with Gasteiger partial charge in [0.25, 0.3) is 0 Å². The lowest BCUT2D eigenvalue weighted by atomic mass is 10.2. The number of ether oxygens (including phenoxy) is 1. The van der Waals surface area contributed by atoms with Crippen molar-refractivity contribution in [3.05, 3.63) is 10.2 Å². The zero-order valence-corrected chi connectivity index (χ0v) is 9.69. The predicted octanol–water partition coefficient (Wildman–Crippen LogP) is 2.05. The topological polar surface area (TPSA) is 49.8 Å². The number of carbonyl (C=O) groups is 1. The Kier molecular flexibility index (Phi) is 3.18. The van der Waals surface area contributed by atoms with Crippen LogP contribution < -0.4 is 0 Å². The summed E-state index contributed by atoms with van der Waals surface area (Å²) in [6, 6.07) is -0.163. The van der Waals surface area contributed by atoms with Gasteiger partial charge in [-0.3, -0.25) is 4.90 Å². The van der Waals surface area contributed by atoms with Gasteiger partial charge in [0.2, 0.25) is 0 Å². The van der Waals surface area contributed by atoms with Crippen molar-refractivity contribution in [3.63, 3.8) is 0 Å². The van der Waals surface area contributed by atoms with Crippen LogP contribution in [0.25, 0.3) is 0 Å². The van der Waals surface area contributed by atoms with Crippen LogP contribution >= 0.6 is 22.6 Å². The molecule has 0 aromatic carbocycles. The third-order valence-electron chi connectivity index (χ3n) is 2.02. The summed E-state index contributed by atoms with van der Waals surface area (Å²) in [5, 5.41) is 8.96. The van der Waals surface area contributed by atoms with Crippen LogP contribution in [0.3, 0.4) is 0 Å². The molecular formula is C8H12INO3. The Morgan fingerprint density at radius 1 is 1.77 bits per heavy atom. The highest BCUT2D eigenvalue weighted by Gasteiger charge is 2.42. The number of halogens is 1. The number of rotatable bonds is 1. The molecule has 1 rings (SSSR count). The lowest BCUT2D eigenvalue weighted by Crippen LogP contribution is -2.46. The molecule has 0 spiro atoms. The van der Waals surface area contributed by atoms with E-state index in [4.69, 9.17) is 9.84 Å². The van der Waals surface area contributed by atoms with E-state index >= 15 is 0 Å². The average molecular weight is 297 g/mol. The van der Waals surface area contributed by atoms with Gasteiger partial charge in [0.1, 0.15) is 5.72 Å². The SMILES string of the molecule is CC1(C)OC[C@H](C=CI)N1C(=O)O. The van der Waals surface area contributed by atoms with Crippen molar-refractivity contribution in [1.82, 2.24) is 4.90 Å². The van der Waals surface area contributed by atoms with Gasteiger partial charge in [0.15, 0.2) is 0 Å². The summed E-state index contributed by atoms with van der Waals surface area (Å²) in [7, 11) is 0. The molecule has 74 valence electrons. The molecule has 0 saturated carbocycles. The van der Waals surface area contributed by atoms with Crippen LogP contribution in [-0.4, -0.2) is 34.5 Å². The van der Waals surface area contributed by atoms with Crippen LogP contribution in [0, 0.1) is 0 Å². The quantitative estimate of drug-likeness (QED) is 0.754. The van der Waals surface area contributed by atoms with E-state index in [1.807, 2.05) is 10.2 Å². The van der Waals surface area contributed by atoms with Gasteiger partial charge in [-0.05, 0) is 17.9 Å². The van der Waals surface area contributed by atoms with Gasteiger partial charge in [-0.25, -0.2) is 4.79 Å². The molecule has 5 heteroatoms. The molecule has 1 saturated heterocycles. The van der Waals surface area contributed by atoms with E-state index in [1.165, 1.54) is 4.90 Å². The van der Waals surface area contributed by atoms with Crippen molar-refractivity contribution in [2.45, 2.75) is 25.6 Å². The molecule has 1 heterocycles. The van der Waals surface area contributed by atoms with Crippen LogP contribution in [-0.2, 0) is 4.74 Å². The van der Waals surface area contributed by atoms with Crippen molar-refractivity contribution >= 4 is 28.7 Å². The summed E-state index contributed by atoms with van der Waals surface area (Å²) >= 11 is 2.07. The van der Waals surface area contributed by atoms with Crippen LogP contribution in [0.15, 0.2) is 10.2 Å². The molecule has 1 atom stereocenters.